The summed E-state index contributed by atoms with van der Waals surface area (Å²) in [5, 5.41) is 10.00. The lowest BCUT2D eigenvalue weighted by atomic mass is 10.0. The van der Waals surface area contributed by atoms with Crippen molar-refractivity contribution in [1.29, 1.82) is 0 Å². The summed E-state index contributed by atoms with van der Waals surface area (Å²) in [6.45, 7) is 3.34. The molecule has 2 atom stereocenters. The average molecular weight is 690 g/mol. The van der Waals surface area contributed by atoms with Crippen molar-refractivity contribution in [1.82, 2.24) is 19.5 Å². The van der Waals surface area contributed by atoms with Crippen LogP contribution >= 0.6 is 7.60 Å². The molecule has 0 aliphatic carbocycles. The molecule has 0 saturated carbocycles. The number of rotatable bonds is 30. The number of fused-ring (bicyclic) bond motifs is 1. The molecule has 0 fully saturated rings. The molecule has 0 saturated heterocycles. The molecule has 3 aromatic rings. The second-order valence-corrected chi connectivity index (χ2v) is 14.5. The standard InChI is InChI=1S/C36H60N5O6P/c1-2-3-4-5-6-7-8-9-10-11-12-13-14-15-16-20-23-44-24-25-46-48(43,47-28-32-21-18-17-19-22-32)31-45-33(27-42)26-41-30-40-34-35(37)38-29-39-36(34)41/h17-19,21-22,29-30,33,42H,2-16,20,23-28,31H2,1H3,(H2,37,38,39)/t33-,48+/m1/s1. The number of anilines is 1. The first kappa shape index (κ1) is 40.0. The zero-order valence-electron chi connectivity index (χ0n) is 29.2. The molecule has 3 rings (SSSR count). The number of aromatic nitrogens is 4. The smallest absolute Gasteiger partial charge is 0.356 e. The molecule has 2 heterocycles. The van der Waals surface area contributed by atoms with Crippen molar-refractivity contribution in [3.8, 4) is 0 Å². The fourth-order valence-electron chi connectivity index (χ4n) is 5.56. The third kappa shape index (κ3) is 16.3. The maximum absolute atomic E-state index is 13.7. The SMILES string of the molecule is CCCCCCCCCCCCCCCCCCOCCO[P@@](=O)(CO[C@@H](CO)Cn1cnc2c(N)ncnc21)OCc1ccccc1. The van der Waals surface area contributed by atoms with Crippen LogP contribution in [0.5, 0.6) is 0 Å². The Labute approximate surface area is 287 Å². The third-order valence-corrected chi connectivity index (χ3v) is 9.99. The van der Waals surface area contributed by atoms with Crippen molar-refractivity contribution in [2.24, 2.45) is 0 Å². The molecule has 0 unspecified atom stereocenters. The number of aliphatic hydroxyl groups is 1. The highest BCUT2D eigenvalue weighted by Crippen LogP contribution is 2.49. The molecule has 0 radical (unpaired) electrons. The molecule has 270 valence electrons. The zero-order valence-corrected chi connectivity index (χ0v) is 30.1. The Hall–Kier alpha value is -2.40. The van der Waals surface area contributed by atoms with Crippen molar-refractivity contribution in [2.75, 3.05) is 38.5 Å². The van der Waals surface area contributed by atoms with Gasteiger partial charge in [-0.05, 0) is 12.0 Å². The number of nitrogens with two attached hydrogens (primary N) is 1. The molecular formula is C36H60N5O6P. The van der Waals surface area contributed by atoms with Gasteiger partial charge in [-0.1, -0.05) is 134 Å². The maximum Gasteiger partial charge on any atom is 0.356 e. The summed E-state index contributed by atoms with van der Waals surface area (Å²) >= 11 is 0. The summed E-state index contributed by atoms with van der Waals surface area (Å²) in [5.41, 5.74) is 7.73. The molecular weight excluding hydrogens is 629 g/mol. The molecule has 0 amide bonds. The predicted octanol–water partition coefficient (Wildman–Crippen LogP) is 8.45. The van der Waals surface area contributed by atoms with Crippen LogP contribution in [-0.4, -0.2) is 63.5 Å². The zero-order chi connectivity index (χ0) is 34.1. The fourth-order valence-corrected chi connectivity index (χ4v) is 6.88. The fraction of sp³-hybridized carbons (Fsp3) is 0.694. The van der Waals surface area contributed by atoms with Crippen molar-refractivity contribution >= 4 is 24.6 Å². The van der Waals surface area contributed by atoms with Crippen LogP contribution in [0.2, 0.25) is 0 Å². The number of hydrogen-bond donors (Lipinski definition) is 2. The normalized spacial score (nSPS) is 13.6. The van der Waals surface area contributed by atoms with Gasteiger partial charge in [-0.15, -0.1) is 0 Å². The molecule has 0 spiro atoms. The first-order valence-electron chi connectivity index (χ1n) is 18.2. The second kappa shape index (κ2) is 24.7. The Morgan fingerprint density at radius 1 is 0.792 bits per heavy atom. The monoisotopic (exact) mass is 689 g/mol. The largest absolute Gasteiger partial charge is 0.394 e. The van der Waals surface area contributed by atoms with Gasteiger partial charge >= 0.3 is 7.60 Å². The number of ether oxygens (including phenoxy) is 2. The number of aliphatic hydroxyl groups excluding tert-OH is 1. The van der Waals surface area contributed by atoms with E-state index in [1.54, 1.807) is 10.9 Å². The summed E-state index contributed by atoms with van der Waals surface area (Å²) in [7, 11) is -3.68. The van der Waals surface area contributed by atoms with Gasteiger partial charge in [0.15, 0.2) is 11.5 Å². The molecule has 2 aromatic heterocycles. The number of unbranched alkanes of at least 4 members (excludes halogenated alkanes) is 15. The van der Waals surface area contributed by atoms with E-state index >= 15 is 0 Å². The van der Waals surface area contributed by atoms with Crippen molar-refractivity contribution in [3.05, 3.63) is 48.5 Å². The molecule has 1 aromatic carbocycles. The number of nitrogen functional groups attached to an aromatic ring is 1. The second-order valence-electron chi connectivity index (χ2n) is 12.5. The van der Waals surface area contributed by atoms with Crippen LogP contribution in [-0.2, 0) is 36.2 Å². The first-order valence-corrected chi connectivity index (χ1v) is 19.9. The third-order valence-electron chi connectivity index (χ3n) is 8.43. The van der Waals surface area contributed by atoms with Gasteiger partial charge in [-0.3, -0.25) is 4.57 Å². The number of benzene rings is 1. The van der Waals surface area contributed by atoms with E-state index in [1.165, 1.54) is 96.2 Å². The van der Waals surface area contributed by atoms with Gasteiger partial charge in [0, 0.05) is 6.61 Å². The summed E-state index contributed by atoms with van der Waals surface area (Å²) in [6, 6.07) is 9.47. The number of imidazole rings is 1. The van der Waals surface area contributed by atoms with E-state index in [0.717, 1.165) is 18.4 Å². The lowest BCUT2D eigenvalue weighted by molar-refractivity contribution is 0.0124. The van der Waals surface area contributed by atoms with Crippen LogP contribution in [0.1, 0.15) is 115 Å². The number of nitrogens with zero attached hydrogens (tertiary/aromatic N) is 4. The maximum atomic E-state index is 13.7. The van der Waals surface area contributed by atoms with Gasteiger partial charge in [0.1, 0.15) is 18.2 Å². The quantitative estimate of drug-likeness (QED) is 0.0517. The highest BCUT2D eigenvalue weighted by molar-refractivity contribution is 7.53. The minimum absolute atomic E-state index is 0.105. The molecule has 0 aliphatic heterocycles. The Morgan fingerprint density at radius 3 is 2.04 bits per heavy atom. The van der Waals surface area contributed by atoms with E-state index in [1.807, 2.05) is 30.3 Å². The van der Waals surface area contributed by atoms with E-state index < -0.39 is 13.7 Å². The predicted molar refractivity (Wildman–Crippen MR) is 192 cm³/mol. The summed E-state index contributed by atoms with van der Waals surface area (Å²) in [4.78, 5) is 12.4. The molecule has 48 heavy (non-hydrogen) atoms. The molecule has 12 heteroatoms. The van der Waals surface area contributed by atoms with Gasteiger partial charge in [0.25, 0.3) is 0 Å². The summed E-state index contributed by atoms with van der Waals surface area (Å²) in [5.74, 6) is 0.268. The topological polar surface area (TPSA) is 144 Å². The number of hydrogen-bond acceptors (Lipinski definition) is 10. The van der Waals surface area contributed by atoms with E-state index in [0.29, 0.717) is 24.4 Å². The van der Waals surface area contributed by atoms with Crippen molar-refractivity contribution in [2.45, 2.75) is 129 Å². The summed E-state index contributed by atoms with van der Waals surface area (Å²) in [6.07, 6.45) is 23.2. The van der Waals surface area contributed by atoms with Gasteiger partial charge in [0.05, 0.1) is 45.4 Å². The molecule has 0 bridgehead atoms. The molecule has 11 nitrogen and oxygen atoms in total. The van der Waals surface area contributed by atoms with E-state index in [4.69, 9.17) is 24.3 Å². The molecule has 0 aliphatic rings. The minimum Gasteiger partial charge on any atom is -0.394 e. The Balaban J connectivity index is 1.27. The first-order chi connectivity index (χ1) is 23.5. The Morgan fingerprint density at radius 2 is 1.42 bits per heavy atom. The van der Waals surface area contributed by atoms with Crippen LogP contribution in [0.4, 0.5) is 5.82 Å². The van der Waals surface area contributed by atoms with E-state index in [9.17, 15) is 9.67 Å². The van der Waals surface area contributed by atoms with Gasteiger partial charge in [-0.2, -0.15) is 0 Å². The van der Waals surface area contributed by atoms with Crippen LogP contribution in [0, 0.1) is 0 Å². The lowest BCUT2D eigenvalue weighted by Gasteiger charge is -2.22. The van der Waals surface area contributed by atoms with Gasteiger partial charge in [-0.25, -0.2) is 15.0 Å². The van der Waals surface area contributed by atoms with Crippen LogP contribution in [0.3, 0.4) is 0 Å². The van der Waals surface area contributed by atoms with Gasteiger partial charge in [0.2, 0.25) is 0 Å². The lowest BCUT2D eigenvalue weighted by Crippen LogP contribution is -2.25. The minimum atomic E-state index is -3.68. The van der Waals surface area contributed by atoms with Crippen molar-refractivity contribution in [3.63, 3.8) is 0 Å². The van der Waals surface area contributed by atoms with Crippen LogP contribution in [0.15, 0.2) is 43.0 Å². The highest BCUT2D eigenvalue weighted by atomic mass is 31.2. The van der Waals surface area contributed by atoms with E-state index in [2.05, 4.69) is 21.9 Å². The Kier molecular flexibility index (Phi) is 20.6. The highest BCUT2D eigenvalue weighted by Gasteiger charge is 2.28. The molecule has 3 N–H and O–H groups in total. The van der Waals surface area contributed by atoms with Crippen LogP contribution < -0.4 is 5.73 Å². The van der Waals surface area contributed by atoms with Crippen LogP contribution in [0.25, 0.3) is 11.2 Å². The van der Waals surface area contributed by atoms with Gasteiger partial charge < -0.3 is 33.9 Å². The average Bonchev–Trinajstić information content (AvgIpc) is 3.52. The van der Waals surface area contributed by atoms with Crippen molar-refractivity contribution < 1.29 is 28.2 Å². The summed E-state index contributed by atoms with van der Waals surface area (Å²) < 4.78 is 38.6. The Bertz CT molecular complexity index is 1280. The van der Waals surface area contributed by atoms with E-state index in [-0.39, 0.29) is 38.5 Å².